The van der Waals surface area contributed by atoms with Crippen molar-refractivity contribution in [1.29, 1.82) is 0 Å². The molecule has 0 amide bonds. The van der Waals surface area contributed by atoms with Crippen molar-refractivity contribution >= 4 is 37.3 Å². The fourth-order valence-electron chi connectivity index (χ4n) is 3.05. The van der Waals surface area contributed by atoms with Crippen LogP contribution in [0.2, 0.25) is 5.02 Å². The molecule has 0 heterocycles. The second-order valence-corrected chi connectivity index (χ2v) is 10.9. The molecular weight excluding hydrogens is 472 g/mol. The molecule has 0 atom stereocenters. The molecule has 0 unspecified atom stereocenters. The smallest absolute Gasteiger partial charge is 0.240 e. The molecule has 0 aliphatic heterocycles. The minimum absolute atomic E-state index is 0.0922. The summed E-state index contributed by atoms with van der Waals surface area (Å²) in [6.45, 7) is 0.407. The number of hydrogen-bond donors (Lipinski definition) is 2. The number of sulfonamides is 2. The molecule has 32 heavy (non-hydrogen) atoms. The van der Waals surface area contributed by atoms with Gasteiger partial charge in [-0.25, -0.2) is 22.0 Å². The van der Waals surface area contributed by atoms with Crippen LogP contribution in [0.3, 0.4) is 0 Å². The van der Waals surface area contributed by atoms with E-state index < -0.39 is 20.0 Å². The molecule has 3 aromatic rings. The second kappa shape index (κ2) is 10.4. The third kappa shape index (κ3) is 6.96. The van der Waals surface area contributed by atoms with Crippen LogP contribution in [0.15, 0.2) is 77.7 Å². The number of halogens is 1. The minimum atomic E-state index is -4.08. The Balaban J connectivity index is 1.68. The molecule has 7 nitrogen and oxygen atoms in total. The Labute approximate surface area is 193 Å². The van der Waals surface area contributed by atoms with Gasteiger partial charge in [0, 0.05) is 11.4 Å². The zero-order valence-corrected chi connectivity index (χ0v) is 19.5. The van der Waals surface area contributed by atoms with Gasteiger partial charge in [-0.2, -0.15) is 0 Å². The van der Waals surface area contributed by atoms with E-state index in [1.54, 1.807) is 18.2 Å². The van der Waals surface area contributed by atoms with Gasteiger partial charge in [-0.05, 0) is 41.8 Å². The van der Waals surface area contributed by atoms with Crippen molar-refractivity contribution in [2.24, 2.45) is 5.14 Å². The van der Waals surface area contributed by atoms with Gasteiger partial charge in [0.15, 0.2) is 0 Å². The maximum atomic E-state index is 12.6. The number of benzene rings is 3. The zero-order valence-electron chi connectivity index (χ0n) is 17.1. The summed E-state index contributed by atoms with van der Waals surface area (Å²) in [5.41, 5.74) is 1.70. The Morgan fingerprint density at radius 2 is 1.56 bits per heavy atom. The van der Waals surface area contributed by atoms with E-state index in [0.29, 0.717) is 29.4 Å². The first-order valence-electron chi connectivity index (χ1n) is 9.71. The van der Waals surface area contributed by atoms with Gasteiger partial charge in [0.25, 0.3) is 0 Å². The topological polar surface area (TPSA) is 116 Å². The number of ether oxygens (including phenoxy) is 1. The lowest BCUT2D eigenvalue weighted by Gasteiger charge is -2.14. The predicted molar refractivity (Wildman–Crippen MR) is 126 cm³/mol. The van der Waals surface area contributed by atoms with Crippen LogP contribution >= 0.6 is 11.6 Å². The molecule has 0 saturated carbocycles. The van der Waals surface area contributed by atoms with Crippen LogP contribution in [-0.4, -0.2) is 29.2 Å². The third-order valence-electron chi connectivity index (χ3n) is 4.62. The van der Waals surface area contributed by atoms with Crippen LogP contribution in [0.4, 0.5) is 5.69 Å². The summed E-state index contributed by atoms with van der Waals surface area (Å²) in [7, 11) is -7.94. The number of para-hydroxylation sites is 1. The third-order valence-corrected chi connectivity index (χ3v) is 7.10. The first-order chi connectivity index (χ1) is 15.1. The SMILES string of the molecule is NS(=O)(=O)c1ccccc1NS(=O)(=O)CCc1ccc(Cl)cc1OCCc1ccccc1. The fraction of sp³-hybridized carbons (Fsp3) is 0.182. The standard InChI is InChI=1S/C22H23ClN2O5S2/c23-19-11-10-18(21(16-19)30-14-12-17-6-2-1-3-7-17)13-15-31(26,27)25-20-8-4-5-9-22(20)32(24,28)29/h1-11,16,25H,12-15H2,(H2,24,28,29). The van der Waals surface area contributed by atoms with E-state index in [4.69, 9.17) is 21.5 Å². The highest BCUT2D eigenvalue weighted by Gasteiger charge is 2.19. The molecule has 0 radical (unpaired) electrons. The van der Waals surface area contributed by atoms with E-state index in [1.165, 1.54) is 24.3 Å². The summed E-state index contributed by atoms with van der Waals surface area (Å²) in [6, 6.07) is 20.4. The van der Waals surface area contributed by atoms with Crippen LogP contribution in [0.5, 0.6) is 5.75 Å². The summed E-state index contributed by atoms with van der Waals surface area (Å²) in [4.78, 5) is -0.292. The molecule has 3 rings (SSSR count). The highest BCUT2D eigenvalue weighted by molar-refractivity contribution is 7.93. The summed E-state index contributed by atoms with van der Waals surface area (Å²) in [5.74, 6) is 0.219. The molecule has 3 N–H and O–H groups in total. The lowest BCUT2D eigenvalue weighted by atomic mass is 10.1. The maximum Gasteiger partial charge on any atom is 0.240 e. The zero-order chi connectivity index (χ0) is 23.2. The van der Waals surface area contributed by atoms with Crippen LogP contribution in [0.25, 0.3) is 0 Å². The molecular formula is C22H23ClN2O5S2. The average Bonchev–Trinajstić information content (AvgIpc) is 2.73. The van der Waals surface area contributed by atoms with Crippen molar-refractivity contribution in [3.63, 3.8) is 0 Å². The Kier molecular flexibility index (Phi) is 7.78. The number of hydrogen-bond acceptors (Lipinski definition) is 5. The number of anilines is 1. The molecule has 0 spiro atoms. The number of primary sulfonamides is 1. The van der Waals surface area contributed by atoms with Crippen molar-refractivity contribution in [2.75, 3.05) is 17.1 Å². The molecule has 0 aliphatic rings. The molecule has 0 fully saturated rings. The maximum absolute atomic E-state index is 12.6. The summed E-state index contributed by atoms with van der Waals surface area (Å²) in [5, 5.41) is 5.65. The van der Waals surface area contributed by atoms with Crippen LogP contribution < -0.4 is 14.6 Å². The van der Waals surface area contributed by atoms with E-state index in [0.717, 1.165) is 5.56 Å². The molecule has 170 valence electrons. The number of aryl methyl sites for hydroxylation is 1. The van der Waals surface area contributed by atoms with Gasteiger partial charge < -0.3 is 4.74 Å². The molecule has 0 bridgehead atoms. The van der Waals surface area contributed by atoms with Gasteiger partial charge in [-0.15, -0.1) is 0 Å². The van der Waals surface area contributed by atoms with Gasteiger partial charge in [0.05, 0.1) is 18.0 Å². The highest BCUT2D eigenvalue weighted by Crippen LogP contribution is 2.26. The highest BCUT2D eigenvalue weighted by atomic mass is 35.5. The Morgan fingerprint density at radius 1 is 0.875 bits per heavy atom. The minimum Gasteiger partial charge on any atom is -0.493 e. The fourth-order valence-corrected chi connectivity index (χ4v) is 5.08. The van der Waals surface area contributed by atoms with Gasteiger partial charge in [0.2, 0.25) is 20.0 Å². The molecule has 0 aliphatic carbocycles. The first-order valence-corrected chi connectivity index (χ1v) is 13.3. The second-order valence-electron chi connectivity index (χ2n) is 7.05. The number of nitrogens with two attached hydrogens (primary N) is 1. The van der Waals surface area contributed by atoms with Gasteiger partial charge in [-0.1, -0.05) is 60.1 Å². The molecule has 0 aromatic heterocycles. The van der Waals surface area contributed by atoms with Crippen molar-refractivity contribution in [3.05, 3.63) is 88.9 Å². The Hall–Kier alpha value is -2.59. The van der Waals surface area contributed by atoms with Crippen LogP contribution in [0.1, 0.15) is 11.1 Å². The van der Waals surface area contributed by atoms with Crippen molar-refractivity contribution < 1.29 is 21.6 Å². The lowest BCUT2D eigenvalue weighted by molar-refractivity contribution is 0.319. The lowest BCUT2D eigenvalue weighted by Crippen LogP contribution is -2.21. The summed E-state index contributed by atoms with van der Waals surface area (Å²) in [6.07, 6.45) is 0.835. The van der Waals surface area contributed by atoms with Crippen molar-refractivity contribution in [1.82, 2.24) is 0 Å². The summed E-state index contributed by atoms with van der Waals surface area (Å²) < 4.78 is 56.8. The summed E-state index contributed by atoms with van der Waals surface area (Å²) >= 11 is 6.09. The largest absolute Gasteiger partial charge is 0.493 e. The predicted octanol–water partition coefficient (Wildman–Crippen LogP) is 3.59. The molecule has 10 heteroatoms. The van der Waals surface area contributed by atoms with Gasteiger partial charge >= 0.3 is 0 Å². The van der Waals surface area contributed by atoms with E-state index in [-0.39, 0.29) is 22.8 Å². The van der Waals surface area contributed by atoms with Crippen molar-refractivity contribution in [2.45, 2.75) is 17.7 Å². The monoisotopic (exact) mass is 494 g/mol. The van der Waals surface area contributed by atoms with E-state index in [2.05, 4.69) is 4.72 Å². The van der Waals surface area contributed by atoms with E-state index in [9.17, 15) is 16.8 Å². The van der Waals surface area contributed by atoms with Crippen LogP contribution in [-0.2, 0) is 32.9 Å². The Morgan fingerprint density at radius 3 is 2.28 bits per heavy atom. The van der Waals surface area contributed by atoms with Gasteiger partial charge in [-0.3, -0.25) is 4.72 Å². The van der Waals surface area contributed by atoms with E-state index >= 15 is 0 Å². The average molecular weight is 495 g/mol. The normalized spacial score (nSPS) is 11.8. The quantitative estimate of drug-likeness (QED) is 0.447. The number of rotatable bonds is 10. The Bertz CT molecular complexity index is 1280. The van der Waals surface area contributed by atoms with E-state index in [1.807, 2.05) is 30.3 Å². The van der Waals surface area contributed by atoms with Crippen LogP contribution in [0, 0.1) is 0 Å². The molecule has 3 aromatic carbocycles. The first kappa shape index (κ1) is 24.1. The van der Waals surface area contributed by atoms with Crippen molar-refractivity contribution in [3.8, 4) is 5.75 Å². The van der Waals surface area contributed by atoms with Gasteiger partial charge in [0.1, 0.15) is 10.6 Å². The molecule has 0 saturated heterocycles. The number of nitrogens with one attached hydrogen (secondary N) is 1.